The molecule has 1 amide bonds. The van der Waals surface area contributed by atoms with Gasteiger partial charge in [0.25, 0.3) is 0 Å². The third kappa shape index (κ3) is 3.61. The molecule has 1 aromatic carbocycles. The normalized spacial score (nSPS) is 10.8. The number of nitrogens with zero attached hydrogens (tertiary/aromatic N) is 3. The van der Waals surface area contributed by atoms with E-state index in [1.54, 1.807) is 28.5 Å². The molecule has 0 spiro atoms. The molecule has 3 rings (SSSR count). The van der Waals surface area contributed by atoms with Crippen LogP contribution in [0.5, 0.6) is 5.88 Å². The van der Waals surface area contributed by atoms with Crippen LogP contribution in [0.4, 0.5) is 0 Å². The second-order valence-corrected chi connectivity index (χ2v) is 5.90. The summed E-state index contributed by atoms with van der Waals surface area (Å²) >= 11 is 0. The molecule has 0 saturated carbocycles. The summed E-state index contributed by atoms with van der Waals surface area (Å²) in [6, 6.07) is 11.2. The smallest absolute Gasteiger partial charge is 0.329 e. The quantitative estimate of drug-likeness (QED) is 0.703. The molecular formula is C19H22N4O3. The van der Waals surface area contributed by atoms with Gasteiger partial charge in [-0.1, -0.05) is 12.1 Å². The fourth-order valence-corrected chi connectivity index (χ4v) is 2.97. The molecule has 0 saturated heterocycles. The highest BCUT2D eigenvalue weighted by molar-refractivity contribution is 5.78. The van der Waals surface area contributed by atoms with Crippen molar-refractivity contribution in [3.8, 4) is 5.88 Å². The number of methoxy groups -OCH3 is 1. The molecule has 1 N–H and O–H groups in total. The van der Waals surface area contributed by atoms with Crippen molar-refractivity contribution < 1.29 is 9.53 Å². The molecule has 0 fully saturated rings. The Bertz CT molecular complexity index is 974. The van der Waals surface area contributed by atoms with Gasteiger partial charge in [0.1, 0.15) is 0 Å². The van der Waals surface area contributed by atoms with Crippen LogP contribution in [0.1, 0.15) is 18.9 Å². The van der Waals surface area contributed by atoms with E-state index in [0.29, 0.717) is 25.5 Å². The van der Waals surface area contributed by atoms with Crippen LogP contribution in [0, 0.1) is 0 Å². The maximum absolute atomic E-state index is 12.6. The first kappa shape index (κ1) is 17.7. The Morgan fingerprint density at radius 1 is 1.19 bits per heavy atom. The lowest BCUT2D eigenvalue weighted by molar-refractivity contribution is -0.121. The van der Waals surface area contributed by atoms with Gasteiger partial charge in [0.05, 0.1) is 18.1 Å². The molecule has 2 aromatic heterocycles. The Balaban J connectivity index is 1.65. The summed E-state index contributed by atoms with van der Waals surface area (Å²) in [5, 5.41) is 2.86. The minimum absolute atomic E-state index is 0.0830. The predicted molar refractivity (Wildman–Crippen MR) is 99.1 cm³/mol. The second-order valence-electron chi connectivity index (χ2n) is 5.90. The number of benzene rings is 1. The number of aromatic nitrogens is 3. The molecule has 3 aromatic rings. The zero-order valence-electron chi connectivity index (χ0n) is 14.9. The van der Waals surface area contributed by atoms with Crippen LogP contribution in [0.2, 0.25) is 0 Å². The number of carbonyl (C=O) groups is 1. The molecule has 136 valence electrons. The van der Waals surface area contributed by atoms with Crippen molar-refractivity contribution in [3.05, 3.63) is 58.6 Å². The maximum atomic E-state index is 12.6. The Kier molecular flexibility index (Phi) is 5.36. The van der Waals surface area contributed by atoms with Gasteiger partial charge in [-0.25, -0.2) is 9.78 Å². The average Bonchev–Trinajstić information content (AvgIpc) is 2.95. The Morgan fingerprint density at radius 3 is 2.62 bits per heavy atom. The number of amides is 1. The minimum atomic E-state index is -0.110. The summed E-state index contributed by atoms with van der Waals surface area (Å²) in [5.41, 5.74) is 2.57. The summed E-state index contributed by atoms with van der Waals surface area (Å²) in [6.07, 6.45) is 1.87. The fourth-order valence-electron chi connectivity index (χ4n) is 2.97. The van der Waals surface area contributed by atoms with Crippen LogP contribution >= 0.6 is 0 Å². The van der Waals surface area contributed by atoms with Crippen LogP contribution in [0.15, 0.2) is 47.4 Å². The third-order valence-electron chi connectivity index (χ3n) is 4.30. The van der Waals surface area contributed by atoms with E-state index in [1.165, 1.54) is 0 Å². The van der Waals surface area contributed by atoms with Gasteiger partial charge in [0.2, 0.25) is 11.8 Å². The van der Waals surface area contributed by atoms with E-state index in [4.69, 9.17) is 4.74 Å². The lowest BCUT2D eigenvalue weighted by Crippen LogP contribution is -2.28. The van der Waals surface area contributed by atoms with E-state index in [-0.39, 0.29) is 18.0 Å². The molecule has 7 heteroatoms. The Morgan fingerprint density at radius 2 is 1.92 bits per heavy atom. The van der Waals surface area contributed by atoms with Crippen LogP contribution < -0.4 is 15.7 Å². The van der Waals surface area contributed by atoms with Crippen molar-refractivity contribution in [2.75, 3.05) is 7.11 Å². The molecular weight excluding hydrogens is 332 g/mol. The van der Waals surface area contributed by atoms with Gasteiger partial charge in [-0.05, 0) is 30.7 Å². The van der Waals surface area contributed by atoms with Crippen LogP contribution in [-0.4, -0.2) is 27.1 Å². The first-order valence-corrected chi connectivity index (χ1v) is 8.57. The SMILES string of the molecule is CCn1c(=O)n(CCC(=O)NCc2ccnc(OC)c2)c2ccccc21. The Hall–Kier alpha value is -3.09. The van der Waals surface area contributed by atoms with E-state index >= 15 is 0 Å². The number of carbonyl (C=O) groups excluding carboxylic acids is 1. The number of rotatable bonds is 7. The molecule has 0 bridgehead atoms. The molecule has 7 nitrogen and oxygen atoms in total. The van der Waals surface area contributed by atoms with E-state index in [2.05, 4.69) is 10.3 Å². The van der Waals surface area contributed by atoms with Gasteiger partial charge in [-0.2, -0.15) is 0 Å². The van der Waals surface area contributed by atoms with E-state index in [9.17, 15) is 9.59 Å². The van der Waals surface area contributed by atoms with Gasteiger partial charge >= 0.3 is 5.69 Å². The monoisotopic (exact) mass is 354 g/mol. The molecule has 0 aliphatic heterocycles. The lowest BCUT2D eigenvalue weighted by atomic mass is 10.2. The van der Waals surface area contributed by atoms with E-state index in [0.717, 1.165) is 16.6 Å². The van der Waals surface area contributed by atoms with Crippen LogP contribution in [0.25, 0.3) is 11.0 Å². The lowest BCUT2D eigenvalue weighted by Gasteiger charge is -2.07. The summed E-state index contributed by atoms with van der Waals surface area (Å²) in [4.78, 5) is 28.8. The van der Waals surface area contributed by atoms with Gasteiger partial charge in [-0.3, -0.25) is 13.9 Å². The average molecular weight is 354 g/mol. The van der Waals surface area contributed by atoms with Crippen molar-refractivity contribution >= 4 is 16.9 Å². The number of hydrogen-bond acceptors (Lipinski definition) is 4. The summed E-state index contributed by atoms with van der Waals surface area (Å²) < 4.78 is 8.45. The van der Waals surface area contributed by atoms with Crippen molar-refractivity contribution in [2.45, 2.75) is 33.0 Å². The van der Waals surface area contributed by atoms with E-state index < -0.39 is 0 Å². The number of aryl methyl sites for hydroxylation is 2. The topological polar surface area (TPSA) is 78.2 Å². The molecule has 2 heterocycles. The van der Waals surface area contributed by atoms with Crippen LogP contribution in [-0.2, 0) is 24.4 Å². The Labute approximate surface area is 151 Å². The minimum Gasteiger partial charge on any atom is -0.481 e. The number of ether oxygens (including phenoxy) is 1. The van der Waals surface area contributed by atoms with Crippen LogP contribution in [0.3, 0.4) is 0 Å². The standard InChI is InChI=1S/C19H22N4O3/c1-3-22-15-6-4-5-7-16(15)23(19(22)25)11-9-17(24)21-13-14-8-10-20-18(12-14)26-2/h4-8,10,12H,3,9,11,13H2,1-2H3,(H,21,24). The third-order valence-corrected chi connectivity index (χ3v) is 4.30. The van der Waals surface area contributed by atoms with Gasteiger partial charge < -0.3 is 10.1 Å². The number of nitrogens with one attached hydrogen (secondary N) is 1. The number of hydrogen-bond donors (Lipinski definition) is 1. The van der Waals surface area contributed by atoms with Crippen molar-refractivity contribution in [1.29, 1.82) is 0 Å². The molecule has 0 radical (unpaired) electrons. The number of fused-ring (bicyclic) bond motifs is 1. The zero-order valence-corrected chi connectivity index (χ0v) is 14.9. The largest absolute Gasteiger partial charge is 0.481 e. The fraction of sp³-hybridized carbons (Fsp3) is 0.316. The maximum Gasteiger partial charge on any atom is 0.329 e. The highest BCUT2D eigenvalue weighted by Gasteiger charge is 2.12. The first-order chi connectivity index (χ1) is 12.6. The van der Waals surface area contributed by atoms with Crippen molar-refractivity contribution in [2.24, 2.45) is 0 Å². The molecule has 26 heavy (non-hydrogen) atoms. The summed E-state index contributed by atoms with van der Waals surface area (Å²) in [5.74, 6) is 0.400. The van der Waals surface area contributed by atoms with Gasteiger partial charge in [-0.15, -0.1) is 0 Å². The number of pyridine rings is 1. The molecule has 0 unspecified atom stereocenters. The molecule has 0 aliphatic rings. The second kappa shape index (κ2) is 7.86. The summed E-state index contributed by atoms with van der Waals surface area (Å²) in [6.45, 7) is 3.28. The molecule has 0 aliphatic carbocycles. The predicted octanol–water partition coefficient (Wildman–Crippen LogP) is 1.93. The van der Waals surface area contributed by atoms with Crippen molar-refractivity contribution in [1.82, 2.24) is 19.4 Å². The number of imidazole rings is 1. The molecule has 0 atom stereocenters. The van der Waals surface area contributed by atoms with Gasteiger partial charge in [0, 0.05) is 38.3 Å². The van der Waals surface area contributed by atoms with Gasteiger partial charge in [0.15, 0.2) is 0 Å². The highest BCUT2D eigenvalue weighted by Crippen LogP contribution is 2.13. The summed E-state index contributed by atoms with van der Waals surface area (Å²) in [7, 11) is 1.55. The zero-order chi connectivity index (χ0) is 18.5. The number of para-hydroxylation sites is 2. The van der Waals surface area contributed by atoms with E-state index in [1.807, 2.05) is 37.3 Å². The highest BCUT2D eigenvalue weighted by atomic mass is 16.5. The van der Waals surface area contributed by atoms with Crippen molar-refractivity contribution in [3.63, 3.8) is 0 Å². The first-order valence-electron chi connectivity index (χ1n) is 8.57.